The minimum Gasteiger partial charge on any atom is -0.478 e. The first-order valence-electron chi connectivity index (χ1n) is 5.72. The summed E-state index contributed by atoms with van der Waals surface area (Å²) in [6.45, 7) is 0.840. The second kappa shape index (κ2) is 4.45. The molecule has 0 radical (unpaired) electrons. The summed E-state index contributed by atoms with van der Waals surface area (Å²) in [5.74, 6) is -22.6. The zero-order chi connectivity index (χ0) is 17.2. The van der Waals surface area contributed by atoms with E-state index >= 15 is 0 Å². The predicted molar refractivity (Wildman–Crippen MR) is 54.7 cm³/mol. The number of fused-ring (bicyclic) bond motifs is 1. The van der Waals surface area contributed by atoms with E-state index in [0.29, 0.717) is 13.8 Å². The molecule has 124 valence electrons. The third-order valence-corrected chi connectivity index (χ3v) is 3.35. The van der Waals surface area contributed by atoms with Gasteiger partial charge in [0.25, 0.3) is 0 Å². The zero-order valence-corrected chi connectivity index (χ0v) is 10.9. The molecule has 1 aliphatic rings. The van der Waals surface area contributed by atoms with Gasteiger partial charge in [0.15, 0.2) is 23.0 Å². The van der Waals surface area contributed by atoms with Crippen molar-refractivity contribution >= 4 is 0 Å². The Hall–Kier alpha value is -1.61. The monoisotopic (exact) mass is 338 g/mol. The molecule has 22 heavy (non-hydrogen) atoms. The maximum atomic E-state index is 13.8. The summed E-state index contributed by atoms with van der Waals surface area (Å²) >= 11 is 0. The molecule has 0 saturated carbocycles. The van der Waals surface area contributed by atoms with Gasteiger partial charge >= 0.3 is 11.8 Å². The van der Waals surface area contributed by atoms with Crippen molar-refractivity contribution in [3.05, 3.63) is 28.8 Å². The molecular formula is C12H7F9O. The normalized spacial score (nSPS) is 25.1. The van der Waals surface area contributed by atoms with Crippen molar-refractivity contribution in [3.8, 4) is 5.75 Å². The van der Waals surface area contributed by atoms with E-state index in [1.807, 2.05) is 0 Å². The molecule has 1 nitrogen and oxygen atoms in total. The van der Waals surface area contributed by atoms with Crippen molar-refractivity contribution in [2.24, 2.45) is 0 Å². The SMILES string of the molecule is CC1(C)Oc2c(F)c(F)c(F)c(F)c2C(F)(F)C(F)C1(F)F. The van der Waals surface area contributed by atoms with Crippen LogP contribution in [0.2, 0.25) is 0 Å². The third kappa shape index (κ3) is 1.88. The number of hydrogen-bond acceptors (Lipinski definition) is 1. The molecule has 1 heterocycles. The van der Waals surface area contributed by atoms with Crippen molar-refractivity contribution in [1.29, 1.82) is 0 Å². The van der Waals surface area contributed by atoms with Gasteiger partial charge in [0, 0.05) is 0 Å². The Morgan fingerprint density at radius 3 is 1.77 bits per heavy atom. The van der Waals surface area contributed by atoms with Crippen LogP contribution < -0.4 is 4.74 Å². The predicted octanol–water partition coefficient (Wildman–Crippen LogP) is 4.48. The number of halogens is 9. The first-order valence-corrected chi connectivity index (χ1v) is 5.72. The fraction of sp³-hybridized carbons (Fsp3) is 0.500. The lowest BCUT2D eigenvalue weighted by atomic mass is 9.91. The van der Waals surface area contributed by atoms with Gasteiger partial charge < -0.3 is 4.74 Å². The van der Waals surface area contributed by atoms with Gasteiger partial charge in [0.05, 0.1) is 0 Å². The van der Waals surface area contributed by atoms with E-state index in [-0.39, 0.29) is 0 Å². The molecule has 0 amide bonds. The Kier molecular flexibility index (Phi) is 3.39. The summed E-state index contributed by atoms with van der Waals surface area (Å²) in [7, 11) is 0. The number of alkyl halides is 5. The van der Waals surface area contributed by atoms with Gasteiger partial charge in [-0.25, -0.2) is 17.6 Å². The van der Waals surface area contributed by atoms with Gasteiger partial charge in [-0.1, -0.05) is 0 Å². The molecule has 10 heteroatoms. The highest BCUT2D eigenvalue weighted by Gasteiger charge is 2.69. The smallest absolute Gasteiger partial charge is 0.323 e. The second-order valence-electron chi connectivity index (χ2n) is 5.18. The van der Waals surface area contributed by atoms with Gasteiger partial charge in [-0.2, -0.15) is 22.0 Å². The van der Waals surface area contributed by atoms with Crippen LogP contribution in [0.4, 0.5) is 39.5 Å². The van der Waals surface area contributed by atoms with Gasteiger partial charge in [-0.05, 0) is 13.8 Å². The van der Waals surface area contributed by atoms with Crippen LogP contribution in [0, 0.1) is 23.3 Å². The molecule has 1 atom stereocenters. The lowest BCUT2D eigenvalue weighted by Crippen LogP contribution is -2.56. The van der Waals surface area contributed by atoms with E-state index in [0.717, 1.165) is 0 Å². The Morgan fingerprint density at radius 1 is 0.818 bits per heavy atom. The van der Waals surface area contributed by atoms with Crippen LogP contribution in [-0.2, 0) is 5.92 Å². The van der Waals surface area contributed by atoms with Crippen molar-refractivity contribution in [1.82, 2.24) is 0 Å². The van der Waals surface area contributed by atoms with Crippen LogP contribution in [-0.4, -0.2) is 17.7 Å². The van der Waals surface area contributed by atoms with Crippen molar-refractivity contribution in [2.75, 3.05) is 0 Å². The van der Waals surface area contributed by atoms with Gasteiger partial charge in [-0.15, -0.1) is 0 Å². The van der Waals surface area contributed by atoms with E-state index in [2.05, 4.69) is 4.74 Å². The van der Waals surface area contributed by atoms with Crippen LogP contribution >= 0.6 is 0 Å². The molecule has 1 aromatic rings. The quantitative estimate of drug-likeness (QED) is 0.385. The molecule has 1 unspecified atom stereocenters. The summed E-state index contributed by atoms with van der Waals surface area (Å²) in [5, 5.41) is 0. The van der Waals surface area contributed by atoms with Gasteiger partial charge in [0.1, 0.15) is 5.56 Å². The number of rotatable bonds is 0. The first kappa shape index (κ1) is 16.8. The van der Waals surface area contributed by atoms with E-state index < -0.39 is 58.2 Å². The summed E-state index contributed by atoms with van der Waals surface area (Å²) in [4.78, 5) is 0. The Labute approximate surface area is 117 Å². The molecule has 2 rings (SSSR count). The van der Waals surface area contributed by atoms with Crippen molar-refractivity contribution in [2.45, 2.75) is 37.5 Å². The zero-order valence-electron chi connectivity index (χ0n) is 10.9. The minimum absolute atomic E-state index is 0.420. The van der Waals surface area contributed by atoms with Gasteiger partial charge in [-0.3, -0.25) is 0 Å². The van der Waals surface area contributed by atoms with Crippen molar-refractivity contribution < 1.29 is 44.3 Å². The molecule has 0 bridgehead atoms. The number of hydrogen-bond donors (Lipinski definition) is 0. The van der Waals surface area contributed by atoms with E-state index in [1.54, 1.807) is 0 Å². The van der Waals surface area contributed by atoms with Crippen LogP contribution in [0.15, 0.2) is 0 Å². The molecule has 0 aliphatic carbocycles. The molecular weight excluding hydrogens is 331 g/mol. The highest BCUT2D eigenvalue weighted by atomic mass is 19.3. The van der Waals surface area contributed by atoms with Crippen LogP contribution in [0.1, 0.15) is 19.4 Å². The molecule has 0 aromatic heterocycles. The Bertz CT molecular complexity index is 638. The fourth-order valence-corrected chi connectivity index (χ4v) is 1.99. The van der Waals surface area contributed by atoms with Crippen LogP contribution in [0.3, 0.4) is 0 Å². The fourth-order valence-electron chi connectivity index (χ4n) is 1.99. The molecule has 0 saturated heterocycles. The topological polar surface area (TPSA) is 9.23 Å². The number of ether oxygens (including phenoxy) is 1. The first-order chi connectivity index (χ1) is 9.76. The summed E-state index contributed by atoms with van der Waals surface area (Å²) in [5.41, 5.74) is -5.51. The third-order valence-electron chi connectivity index (χ3n) is 3.35. The lowest BCUT2D eigenvalue weighted by Gasteiger charge is -2.34. The maximum Gasteiger partial charge on any atom is 0.323 e. The van der Waals surface area contributed by atoms with Crippen LogP contribution in [0.25, 0.3) is 0 Å². The largest absolute Gasteiger partial charge is 0.478 e. The minimum atomic E-state index is -5.36. The second-order valence-corrected chi connectivity index (χ2v) is 5.18. The summed E-state index contributed by atoms with van der Waals surface area (Å²) in [6, 6.07) is 0. The lowest BCUT2D eigenvalue weighted by molar-refractivity contribution is -0.235. The van der Waals surface area contributed by atoms with E-state index in [1.165, 1.54) is 0 Å². The summed E-state index contributed by atoms with van der Waals surface area (Å²) < 4.78 is 126. The van der Waals surface area contributed by atoms with Crippen molar-refractivity contribution in [3.63, 3.8) is 0 Å². The van der Waals surface area contributed by atoms with Crippen LogP contribution in [0.5, 0.6) is 5.75 Å². The maximum absolute atomic E-state index is 13.8. The highest BCUT2D eigenvalue weighted by molar-refractivity contribution is 5.44. The molecule has 0 spiro atoms. The Balaban J connectivity index is 2.93. The van der Waals surface area contributed by atoms with E-state index in [9.17, 15) is 39.5 Å². The standard InChI is InChI=1S/C12H7F9O/c1-10(2)12(20,21)9(17)11(18,19)3-4(13)5(14)6(15)7(16)8(3)22-10/h9H,1-2H3. The average Bonchev–Trinajstić information content (AvgIpc) is 2.43. The molecule has 1 aliphatic heterocycles. The summed E-state index contributed by atoms with van der Waals surface area (Å²) in [6.07, 6.45) is -4.35. The van der Waals surface area contributed by atoms with Gasteiger partial charge in [0.2, 0.25) is 17.8 Å². The molecule has 1 aromatic carbocycles. The highest BCUT2D eigenvalue weighted by Crippen LogP contribution is 2.54. The van der Waals surface area contributed by atoms with E-state index in [4.69, 9.17) is 0 Å². The number of benzene rings is 1. The Morgan fingerprint density at radius 2 is 1.27 bits per heavy atom. The average molecular weight is 338 g/mol. The molecule has 0 N–H and O–H groups in total. The molecule has 0 fully saturated rings.